The topological polar surface area (TPSA) is 79.9 Å². The molecule has 0 aliphatic heterocycles. The highest BCUT2D eigenvalue weighted by Crippen LogP contribution is 2.25. The summed E-state index contributed by atoms with van der Waals surface area (Å²) in [6.07, 6.45) is 0.559. The van der Waals surface area contributed by atoms with Crippen LogP contribution in [0.1, 0.15) is 27.2 Å². The van der Waals surface area contributed by atoms with Crippen molar-refractivity contribution >= 4 is 34.9 Å². The van der Waals surface area contributed by atoms with E-state index in [0.29, 0.717) is 43.2 Å². The normalized spacial score (nSPS) is 10.9. The summed E-state index contributed by atoms with van der Waals surface area (Å²) in [6, 6.07) is 23.8. The van der Waals surface area contributed by atoms with Gasteiger partial charge >= 0.3 is 6.03 Å². The van der Waals surface area contributed by atoms with Gasteiger partial charge in [0, 0.05) is 30.3 Å². The molecule has 0 saturated heterocycles. The lowest BCUT2D eigenvalue weighted by Crippen LogP contribution is -2.41. The van der Waals surface area contributed by atoms with E-state index in [1.807, 2.05) is 73.7 Å². The minimum Gasteiger partial charge on any atom is -0.494 e. The van der Waals surface area contributed by atoms with Crippen molar-refractivity contribution in [1.29, 1.82) is 0 Å². The highest BCUT2D eigenvalue weighted by atomic mass is 35.5. The van der Waals surface area contributed by atoms with E-state index in [0.717, 1.165) is 11.5 Å². The van der Waals surface area contributed by atoms with Crippen molar-refractivity contribution < 1.29 is 19.1 Å². The van der Waals surface area contributed by atoms with Crippen LogP contribution in [0.2, 0.25) is 0 Å². The molecule has 0 radical (unpaired) electrons. The van der Waals surface area contributed by atoms with Crippen molar-refractivity contribution in [2.45, 2.75) is 27.2 Å². The van der Waals surface area contributed by atoms with E-state index in [1.165, 1.54) is 0 Å². The minimum absolute atomic E-state index is 0.115. The zero-order valence-electron chi connectivity index (χ0n) is 21.5. The molecule has 0 unspecified atom stereocenters. The van der Waals surface area contributed by atoms with Gasteiger partial charge < -0.3 is 20.1 Å². The SMILES string of the molecule is CCOc1ccc(NC(=O)N(CCCNC(=O)C(C)(C)CCl)c2ccc(Oc3ccccc3)cc2)cc1. The molecule has 3 amide bonds. The molecule has 0 spiro atoms. The molecule has 0 aromatic heterocycles. The summed E-state index contributed by atoms with van der Waals surface area (Å²) in [5.41, 5.74) is 0.705. The molecule has 37 heavy (non-hydrogen) atoms. The van der Waals surface area contributed by atoms with Gasteiger partial charge in [-0.15, -0.1) is 11.6 Å². The first-order valence-electron chi connectivity index (χ1n) is 12.3. The van der Waals surface area contributed by atoms with E-state index in [4.69, 9.17) is 21.1 Å². The van der Waals surface area contributed by atoms with Crippen molar-refractivity contribution in [3.8, 4) is 17.2 Å². The predicted molar refractivity (Wildman–Crippen MR) is 149 cm³/mol. The summed E-state index contributed by atoms with van der Waals surface area (Å²) in [4.78, 5) is 27.3. The van der Waals surface area contributed by atoms with Crippen LogP contribution < -0.4 is 25.0 Å². The first kappa shape index (κ1) is 27.9. The highest BCUT2D eigenvalue weighted by Gasteiger charge is 2.26. The number of urea groups is 1. The number of carbonyl (C=O) groups is 2. The minimum atomic E-state index is -0.652. The second-order valence-electron chi connectivity index (χ2n) is 9.08. The first-order valence-corrected chi connectivity index (χ1v) is 12.8. The molecule has 0 fully saturated rings. The summed E-state index contributed by atoms with van der Waals surface area (Å²) in [6.45, 7) is 6.89. The lowest BCUT2D eigenvalue weighted by atomic mass is 9.95. The van der Waals surface area contributed by atoms with Crippen molar-refractivity contribution in [1.82, 2.24) is 5.32 Å². The zero-order valence-corrected chi connectivity index (χ0v) is 22.3. The fourth-order valence-electron chi connectivity index (χ4n) is 3.40. The third-order valence-electron chi connectivity index (χ3n) is 5.58. The molecule has 7 nitrogen and oxygen atoms in total. The molecule has 3 aromatic carbocycles. The van der Waals surface area contributed by atoms with E-state index in [1.54, 1.807) is 30.9 Å². The molecule has 0 atom stereocenters. The van der Waals surface area contributed by atoms with Crippen molar-refractivity contribution in [2.75, 3.05) is 35.8 Å². The Morgan fingerprint density at radius 2 is 1.51 bits per heavy atom. The molecule has 2 N–H and O–H groups in total. The van der Waals surface area contributed by atoms with Gasteiger partial charge in [0.25, 0.3) is 0 Å². The number of nitrogens with zero attached hydrogens (tertiary/aromatic N) is 1. The maximum atomic E-state index is 13.3. The Kier molecular flexibility index (Phi) is 10.2. The van der Waals surface area contributed by atoms with Gasteiger partial charge in [-0.3, -0.25) is 9.69 Å². The van der Waals surface area contributed by atoms with Crippen LogP contribution in [0.5, 0.6) is 17.2 Å². The van der Waals surface area contributed by atoms with Gasteiger partial charge in [-0.25, -0.2) is 4.79 Å². The second kappa shape index (κ2) is 13.6. The number of nitrogens with one attached hydrogen (secondary N) is 2. The van der Waals surface area contributed by atoms with E-state index in [2.05, 4.69) is 10.6 Å². The second-order valence-corrected chi connectivity index (χ2v) is 9.34. The van der Waals surface area contributed by atoms with Gasteiger partial charge in [-0.1, -0.05) is 18.2 Å². The Morgan fingerprint density at radius 3 is 2.14 bits per heavy atom. The summed E-state index contributed by atoms with van der Waals surface area (Å²) >= 11 is 5.90. The van der Waals surface area contributed by atoms with Gasteiger partial charge in [0.2, 0.25) is 5.91 Å². The van der Waals surface area contributed by atoms with Crippen molar-refractivity contribution in [3.63, 3.8) is 0 Å². The fourth-order valence-corrected chi connectivity index (χ4v) is 3.52. The third kappa shape index (κ3) is 8.43. The maximum absolute atomic E-state index is 13.3. The number of anilines is 2. The van der Waals surface area contributed by atoms with Crippen molar-refractivity contribution in [3.05, 3.63) is 78.9 Å². The van der Waals surface area contributed by atoms with Gasteiger partial charge in [0.1, 0.15) is 17.2 Å². The molecule has 0 aliphatic carbocycles. The lowest BCUT2D eigenvalue weighted by Gasteiger charge is -2.25. The van der Waals surface area contributed by atoms with Crippen LogP contribution in [0.25, 0.3) is 0 Å². The number of ether oxygens (including phenoxy) is 2. The van der Waals surface area contributed by atoms with Crippen LogP contribution in [0.15, 0.2) is 78.9 Å². The molecule has 3 aromatic rings. The van der Waals surface area contributed by atoms with E-state index in [9.17, 15) is 9.59 Å². The molecule has 0 heterocycles. The summed E-state index contributed by atoms with van der Waals surface area (Å²) in [5, 5.41) is 5.85. The number of rotatable bonds is 12. The van der Waals surface area contributed by atoms with Crippen molar-refractivity contribution in [2.24, 2.45) is 5.41 Å². The number of benzene rings is 3. The van der Waals surface area contributed by atoms with Crippen LogP contribution >= 0.6 is 11.6 Å². The Hall–Kier alpha value is -3.71. The maximum Gasteiger partial charge on any atom is 0.326 e. The lowest BCUT2D eigenvalue weighted by molar-refractivity contribution is -0.128. The van der Waals surface area contributed by atoms with Gasteiger partial charge in [0.15, 0.2) is 0 Å². The quantitative estimate of drug-likeness (QED) is 0.205. The highest BCUT2D eigenvalue weighted by molar-refractivity contribution is 6.19. The molecule has 0 bridgehead atoms. The Labute approximate surface area is 223 Å². The molecular weight excluding hydrogens is 490 g/mol. The standard InChI is InChI=1S/C29H34ClN3O4/c1-4-36-24-15-11-22(12-16-24)32-28(35)33(20-8-19-31-27(34)29(2,3)21-30)23-13-17-26(18-14-23)37-25-9-6-5-7-10-25/h5-7,9-18H,4,8,19-21H2,1-3H3,(H,31,34)(H,32,35). The summed E-state index contributed by atoms with van der Waals surface area (Å²) in [7, 11) is 0. The van der Waals surface area contributed by atoms with Gasteiger partial charge in [0.05, 0.1) is 12.0 Å². The van der Waals surface area contributed by atoms with E-state index in [-0.39, 0.29) is 17.8 Å². The van der Waals surface area contributed by atoms with Crippen LogP contribution in [-0.2, 0) is 4.79 Å². The van der Waals surface area contributed by atoms with Gasteiger partial charge in [-0.2, -0.15) is 0 Å². The predicted octanol–water partition coefficient (Wildman–Crippen LogP) is 6.69. The number of hydrogen-bond donors (Lipinski definition) is 2. The zero-order chi connectivity index (χ0) is 26.7. The molecule has 8 heteroatoms. The summed E-state index contributed by atoms with van der Waals surface area (Å²) in [5.74, 6) is 2.25. The third-order valence-corrected chi connectivity index (χ3v) is 6.25. The number of carbonyl (C=O) groups excluding carboxylic acids is 2. The van der Waals surface area contributed by atoms with Crippen LogP contribution in [0, 0.1) is 5.41 Å². The monoisotopic (exact) mass is 523 g/mol. The average molecular weight is 524 g/mol. The number of halogens is 1. The van der Waals surface area contributed by atoms with Crippen LogP contribution in [0.4, 0.5) is 16.2 Å². The first-order chi connectivity index (χ1) is 17.8. The number of hydrogen-bond acceptors (Lipinski definition) is 4. The molecule has 196 valence electrons. The average Bonchev–Trinajstić information content (AvgIpc) is 2.91. The molecular formula is C29H34ClN3O4. The largest absolute Gasteiger partial charge is 0.494 e. The van der Waals surface area contributed by atoms with Crippen LogP contribution in [-0.4, -0.2) is 37.5 Å². The number of para-hydroxylation sites is 1. The molecule has 3 rings (SSSR count). The summed E-state index contributed by atoms with van der Waals surface area (Å²) < 4.78 is 11.4. The van der Waals surface area contributed by atoms with E-state index < -0.39 is 5.41 Å². The Morgan fingerprint density at radius 1 is 0.892 bits per heavy atom. The van der Waals surface area contributed by atoms with Gasteiger partial charge in [-0.05, 0) is 87.9 Å². The smallest absolute Gasteiger partial charge is 0.326 e. The molecule has 0 saturated carbocycles. The number of alkyl halides is 1. The molecule has 0 aliphatic rings. The van der Waals surface area contributed by atoms with E-state index >= 15 is 0 Å². The Balaban J connectivity index is 1.69. The van der Waals surface area contributed by atoms with Crippen LogP contribution in [0.3, 0.4) is 0 Å². The number of amides is 3. The Bertz CT molecular complexity index is 1140. The fraction of sp³-hybridized carbons (Fsp3) is 0.310.